The molecule has 0 radical (unpaired) electrons. The predicted molar refractivity (Wildman–Crippen MR) is 458 cm³/mol. The number of fused-ring (bicyclic) bond motifs is 10. The molecule has 6 aromatic heterocycles. The molecule has 15 aromatic carbocycles. The fourth-order valence-corrected chi connectivity index (χ4v) is 15.9. The van der Waals surface area contributed by atoms with Gasteiger partial charge in [0.2, 0.25) is 0 Å². The number of hydrogen-bond acceptors (Lipinski definition) is 14. The summed E-state index contributed by atoms with van der Waals surface area (Å²) in [5, 5.41) is 6.46. The van der Waals surface area contributed by atoms with Gasteiger partial charge >= 0.3 is 0 Å². The summed E-state index contributed by atoms with van der Waals surface area (Å²) in [6.45, 7) is 0. The molecule has 12 nitrogen and oxygen atoms in total. The van der Waals surface area contributed by atoms with Gasteiger partial charge < -0.3 is 0 Å². The van der Waals surface area contributed by atoms with Gasteiger partial charge in [0, 0.05) is 76.8 Å². The maximum atomic E-state index is 5.17. The lowest BCUT2D eigenvalue weighted by Gasteiger charge is -2.12. The molecule has 0 fully saturated rings. The molecule has 0 spiro atoms. The Morgan fingerprint density at radius 1 is 0.152 bits per heavy atom. The first-order chi connectivity index (χ1) is 55.5. The lowest BCUT2D eigenvalue weighted by Crippen LogP contribution is -2.00. The molecule has 0 aliphatic heterocycles. The Morgan fingerprint density at radius 3 is 0.723 bits per heavy atom. The summed E-state index contributed by atoms with van der Waals surface area (Å²) in [6.07, 6.45) is 0. The summed E-state index contributed by atoms with van der Waals surface area (Å²) in [7, 11) is 0. The van der Waals surface area contributed by atoms with Gasteiger partial charge in [-0.1, -0.05) is 297 Å². The van der Waals surface area contributed by atoms with Gasteiger partial charge in [-0.3, -0.25) is 0 Å². The molecule has 14 heteroatoms. The van der Waals surface area contributed by atoms with Gasteiger partial charge in [0.1, 0.15) is 22.1 Å². The zero-order valence-corrected chi connectivity index (χ0v) is 61.5. The van der Waals surface area contributed by atoms with E-state index >= 15 is 0 Å². The fourth-order valence-electron chi connectivity index (χ4n) is 14.8. The standard InChI is InChI=1S/C52H32N6S.C46H28N6S/c1-3-12-33(13-4-1)37-16-9-19-40(30-37)50-54-51(41-20-10-17-38(31-41)34-14-5-2-6-15-34)56-52(55-50)42-21-11-18-39(32-42)35-24-26-36(27-25-35)48-44-28-29-46-49(58-59-57-46)47(44)43-22-7-8-23-45(43)53-48;1-3-11-29(12-4-1)33-15-9-17-35(27-33)45-48-44(32-13-5-2-6-14-32)49-46(50-45)36-18-10-16-34(28-36)30-21-23-31(24-22-30)42-38-25-26-40-43(52-53-51-40)41(38)37-19-7-8-20-39(37)47-42/h1-32H;1-28H. The van der Waals surface area contributed by atoms with Crippen molar-refractivity contribution < 1.29 is 0 Å². The van der Waals surface area contributed by atoms with E-state index in [0.29, 0.717) is 34.9 Å². The zero-order valence-electron chi connectivity index (χ0n) is 59.8. The summed E-state index contributed by atoms with van der Waals surface area (Å²) in [5.74, 6) is 3.71. The second-order valence-corrected chi connectivity index (χ2v) is 28.4. The molecule has 6 heterocycles. The first-order valence-corrected chi connectivity index (χ1v) is 38.3. The third-order valence-corrected chi connectivity index (χ3v) is 21.5. The van der Waals surface area contributed by atoms with Gasteiger partial charge in [0.15, 0.2) is 34.9 Å². The average Bonchev–Trinajstić information content (AvgIpc) is 1.29. The number of hydrogen-bond donors (Lipinski definition) is 0. The minimum Gasteiger partial charge on any atom is -0.247 e. The Morgan fingerprint density at radius 2 is 0.402 bits per heavy atom. The van der Waals surface area contributed by atoms with Crippen LogP contribution in [-0.2, 0) is 0 Å². The van der Waals surface area contributed by atoms with Crippen molar-refractivity contribution >= 4 is 88.9 Å². The highest BCUT2D eigenvalue weighted by atomic mass is 32.1. The topological polar surface area (TPSA) is 155 Å². The molecular formula is C98H60N12S2. The van der Waals surface area contributed by atoms with Crippen LogP contribution in [0.15, 0.2) is 364 Å². The summed E-state index contributed by atoms with van der Waals surface area (Å²) in [4.78, 5) is 40.7. The molecule has 0 bridgehead atoms. The summed E-state index contributed by atoms with van der Waals surface area (Å²) >= 11 is 2.49. The highest BCUT2D eigenvalue weighted by Crippen LogP contribution is 2.41. The van der Waals surface area contributed by atoms with Crippen LogP contribution >= 0.6 is 23.5 Å². The normalized spacial score (nSPS) is 11.4. The molecule has 0 amide bonds. The van der Waals surface area contributed by atoms with Crippen molar-refractivity contribution in [1.29, 1.82) is 0 Å². The van der Waals surface area contributed by atoms with E-state index in [9.17, 15) is 0 Å². The molecular weight excluding hydrogens is 1410 g/mol. The quantitative estimate of drug-likeness (QED) is 0.101. The molecule has 0 unspecified atom stereocenters. The summed E-state index contributed by atoms with van der Waals surface area (Å²) < 4.78 is 18.4. The highest BCUT2D eigenvalue weighted by molar-refractivity contribution is 7.00. The predicted octanol–water partition coefficient (Wildman–Crippen LogP) is 24.8. The monoisotopic (exact) mass is 1470 g/mol. The molecule has 524 valence electrons. The van der Waals surface area contributed by atoms with Crippen LogP contribution in [0.4, 0.5) is 0 Å². The number of benzene rings is 15. The molecule has 21 rings (SSSR count). The number of aromatic nitrogens is 12. The van der Waals surface area contributed by atoms with Gasteiger partial charge in [0.25, 0.3) is 0 Å². The molecule has 0 aliphatic rings. The molecule has 0 saturated heterocycles. The van der Waals surface area contributed by atoms with Crippen molar-refractivity contribution in [2.24, 2.45) is 0 Å². The lowest BCUT2D eigenvalue weighted by molar-refractivity contribution is 1.07. The van der Waals surface area contributed by atoms with Crippen LogP contribution in [-0.4, -0.2) is 57.4 Å². The molecule has 0 saturated carbocycles. The van der Waals surface area contributed by atoms with Crippen molar-refractivity contribution in [3.05, 3.63) is 364 Å². The molecule has 112 heavy (non-hydrogen) atoms. The summed E-state index contributed by atoms with van der Waals surface area (Å²) in [5.41, 5.74) is 26.0. The SMILES string of the molecule is c1ccc(-c2cccc(-c3nc(-c4cccc(-c5ccccc5)c4)nc(-c4cccc(-c5ccc(-c6nc7ccccc7c7c6ccc6nsnc67)cc5)c4)n3)c2)cc1.c1ccc(-c2cccc(-c3nc(-c4ccccc4)nc(-c4cccc(-c5ccc(-c6nc7ccccc7c7c6ccc6nsnc67)cc5)c4)n3)c2)cc1. The van der Waals surface area contributed by atoms with E-state index in [1.807, 2.05) is 78.9 Å². The number of pyridine rings is 2. The van der Waals surface area contributed by atoms with E-state index < -0.39 is 0 Å². The minimum absolute atomic E-state index is 0.605. The zero-order chi connectivity index (χ0) is 74.3. The van der Waals surface area contributed by atoms with Gasteiger partial charge in [-0.2, -0.15) is 17.5 Å². The van der Waals surface area contributed by atoms with Crippen LogP contribution < -0.4 is 0 Å². The minimum atomic E-state index is 0.605. The second-order valence-electron chi connectivity index (χ2n) is 27.3. The van der Waals surface area contributed by atoms with Crippen LogP contribution in [0.25, 0.3) is 212 Å². The Hall–Kier alpha value is -14.7. The van der Waals surface area contributed by atoms with E-state index in [-0.39, 0.29) is 0 Å². The Bertz CT molecular complexity index is 7020. The Kier molecular flexibility index (Phi) is 17.3. The van der Waals surface area contributed by atoms with Crippen LogP contribution in [0.1, 0.15) is 0 Å². The van der Waals surface area contributed by atoms with Gasteiger partial charge in [-0.05, 0) is 122 Å². The van der Waals surface area contributed by atoms with E-state index in [0.717, 1.165) is 177 Å². The Labute approximate surface area is 652 Å². The lowest BCUT2D eigenvalue weighted by atomic mass is 9.97. The first kappa shape index (κ1) is 66.7. The maximum Gasteiger partial charge on any atom is 0.164 e. The van der Waals surface area contributed by atoms with Gasteiger partial charge in [0.05, 0.1) is 45.9 Å². The van der Waals surface area contributed by atoms with E-state index in [1.54, 1.807) is 0 Å². The largest absolute Gasteiger partial charge is 0.247 e. The highest BCUT2D eigenvalue weighted by Gasteiger charge is 2.21. The third-order valence-electron chi connectivity index (χ3n) is 20.4. The molecule has 21 aromatic rings. The van der Waals surface area contributed by atoms with Crippen LogP contribution in [0, 0.1) is 0 Å². The van der Waals surface area contributed by atoms with Crippen molar-refractivity contribution in [2.75, 3.05) is 0 Å². The van der Waals surface area contributed by atoms with Crippen molar-refractivity contribution in [1.82, 2.24) is 57.4 Å². The number of para-hydroxylation sites is 2. The van der Waals surface area contributed by atoms with Crippen molar-refractivity contribution in [3.8, 4) is 146 Å². The first-order valence-electron chi connectivity index (χ1n) is 36.8. The molecule has 0 atom stereocenters. The van der Waals surface area contributed by atoms with Crippen LogP contribution in [0.5, 0.6) is 0 Å². The van der Waals surface area contributed by atoms with Crippen LogP contribution in [0.3, 0.4) is 0 Å². The average molecular weight is 1470 g/mol. The number of nitrogens with zero attached hydrogens (tertiary/aromatic N) is 12. The van der Waals surface area contributed by atoms with E-state index in [1.165, 1.54) is 23.5 Å². The van der Waals surface area contributed by atoms with Gasteiger partial charge in [-0.15, -0.1) is 0 Å². The maximum absolute atomic E-state index is 5.17. The Balaban J connectivity index is 0.000000147. The second kappa shape index (κ2) is 29.1. The van der Waals surface area contributed by atoms with Crippen molar-refractivity contribution in [2.45, 2.75) is 0 Å². The summed E-state index contributed by atoms with van der Waals surface area (Å²) in [6, 6.07) is 125. The molecule has 0 aliphatic carbocycles. The third kappa shape index (κ3) is 13.0. The smallest absolute Gasteiger partial charge is 0.164 e. The molecule has 0 N–H and O–H groups in total. The van der Waals surface area contributed by atoms with Gasteiger partial charge in [-0.25, -0.2) is 39.9 Å². The van der Waals surface area contributed by atoms with E-state index in [4.69, 9.17) is 39.9 Å². The van der Waals surface area contributed by atoms with Crippen LogP contribution in [0.2, 0.25) is 0 Å². The van der Waals surface area contributed by atoms with E-state index in [2.05, 4.69) is 303 Å². The fraction of sp³-hybridized carbons (Fsp3) is 0. The van der Waals surface area contributed by atoms with Crippen molar-refractivity contribution in [3.63, 3.8) is 0 Å². The number of rotatable bonds is 13.